The van der Waals surface area contributed by atoms with Gasteiger partial charge in [0.05, 0.1) is 21.3 Å². The van der Waals surface area contributed by atoms with Crippen molar-refractivity contribution in [1.29, 1.82) is 0 Å². The fraction of sp³-hybridized carbons (Fsp3) is 0. The maximum absolute atomic E-state index is 12.7. The Balaban J connectivity index is 2.09. The molecule has 2 aromatic rings. The molecule has 23 heavy (non-hydrogen) atoms. The molecule has 0 unspecified atom stereocenters. The van der Waals surface area contributed by atoms with E-state index in [9.17, 15) is 13.4 Å². The van der Waals surface area contributed by atoms with E-state index in [0.29, 0.717) is 8.99 Å². The van der Waals surface area contributed by atoms with Crippen molar-refractivity contribution in [2.75, 3.05) is 0 Å². The molecule has 1 N–H and O–H groups in total. The lowest BCUT2D eigenvalue weighted by Crippen LogP contribution is -2.51. The minimum atomic E-state index is -4.26. The highest BCUT2D eigenvalue weighted by Crippen LogP contribution is 2.34. The second-order valence-corrected chi connectivity index (χ2v) is 8.23. The second kappa shape index (κ2) is 5.98. The van der Waals surface area contributed by atoms with Gasteiger partial charge in [0.15, 0.2) is 4.67 Å². The summed E-state index contributed by atoms with van der Waals surface area (Å²) < 4.78 is 31.5. The van der Waals surface area contributed by atoms with Gasteiger partial charge in [-0.3, -0.25) is 0 Å². The number of furan rings is 1. The molecule has 12 heteroatoms. The van der Waals surface area contributed by atoms with Crippen LogP contribution >= 0.6 is 50.7 Å². The molecule has 0 atom stereocenters. The maximum Gasteiger partial charge on any atom is 0.487 e. The number of hydrogen-bond acceptors (Lipinski definition) is 5. The average Bonchev–Trinajstić information content (AvgIpc) is 2.84. The number of nitrogens with zero attached hydrogens (tertiary/aromatic N) is 2. The quantitative estimate of drug-likeness (QED) is 0.554. The molecule has 0 spiro atoms. The molecule has 1 aromatic carbocycles. The van der Waals surface area contributed by atoms with Crippen molar-refractivity contribution < 1.29 is 17.9 Å². The molecule has 0 amide bonds. The Morgan fingerprint density at radius 3 is 2.52 bits per heavy atom. The lowest BCUT2D eigenvalue weighted by molar-refractivity contribution is 0.470. The van der Waals surface area contributed by atoms with Gasteiger partial charge in [0.1, 0.15) is 10.7 Å². The van der Waals surface area contributed by atoms with Gasteiger partial charge in [-0.05, 0) is 34.1 Å². The van der Waals surface area contributed by atoms with Gasteiger partial charge in [0, 0.05) is 5.46 Å². The third-order valence-electron chi connectivity index (χ3n) is 3.04. The number of fused-ring (bicyclic) bond motifs is 1. The first-order valence-corrected chi connectivity index (χ1v) is 9.29. The van der Waals surface area contributed by atoms with Crippen molar-refractivity contribution in [2.45, 2.75) is 4.90 Å². The van der Waals surface area contributed by atoms with Crippen LogP contribution in [0.25, 0.3) is 0 Å². The van der Waals surface area contributed by atoms with Crippen molar-refractivity contribution in [3.8, 4) is 0 Å². The smallest absolute Gasteiger partial charge is 0.449 e. The molecule has 1 aromatic heterocycles. The summed E-state index contributed by atoms with van der Waals surface area (Å²) in [6.07, 6.45) is 1.18. The van der Waals surface area contributed by atoms with Crippen molar-refractivity contribution >= 4 is 79.5 Å². The Hall–Kier alpha value is -0.705. The zero-order chi connectivity index (χ0) is 16.9. The largest absolute Gasteiger partial charge is 0.487 e. The number of halogens is 4. The highest BCUT2D eigenvalue weighted by atomic mass is 79.9. The highest BCUT2D eigenvalue weighted by molar-refractivity contribution is 9.10. The molecule has 0 saturated carbocycles. The molecule has 6 nitrogen and oxygen atoms in total. The van der Waals surface area contributed by atoms with Crippen molar-refractivity contribution in [2.24, 2.45) is 5.10 Å². The van der Waals surface area contributed by atoms with Crippen LogP contribution in [0.1, 0.15) is 5.76 Å². The Kier molecular flexibility index (Phi) is 4.45. The van der Waals surface area contributed by atoms with Gasteiger partial charge in [0.25, 0.3) is 10.0 Å². The Bertz CT molecular complexity index is 934. The van der Waals surface area contributed by atoms with Gasteiger partial charge in [-0.2, -0.15) is 9.43 Å². The Labute approximate surface area is 154 Å². The SMILES string of the molecule is O=S(=O)(c1cc(Cl)c(Cl)cc1Cl)N1N=Cc2oc(Br)cc2B1O. The van der Waals surface area contributed by atoms with Crippen molar-refractivity contribution in [1.82, 2.24) is 4.33 Å². The lowest BCUT2D eigenvalue weighted by Gasteiger charge is -2.24. The normalized spacial score (nSPS) is 14.3. The number of benzene rings is 1. The van der Waals surface area contributed by atoms with Gasteiger partial charge in [0.2, 0.25) is 0 Å². The maximum atomic E-state index is 12.7. The minimum Gasteiger partial charge on any atom is -0.449 e. The summed E-state index contributed by atoms with van der Waals surface area (Å²) in [6, 6.07) is 3.76. The Morgan fingerprint density at radius 2 is 1.83 bits per heavy atom. The lowest BCUT2D eigenvalue weighted by atomic mass is 9.74. The molecule has 0 saturated heterocycles. The van der Waals surface area contributed by atoms with E-state index in [-0.39, 0.29) is 31.2 Å². The van der Waals surface area contributed by atoms with E-state index >= 15 is 0 Å². The average molecular weight is 458 g/mol. The van der Waals surface area contributed by atoms with E-state index in [2.05, 4.69) is 21.0 Å². The first-order chi connectivity index (χ1) is 10.7. The fourth-order valence-electron chi connectivity index (χ4n) is 1.98. The van der Waals surface area contributed by atoms with Crippen LogP contribution < -0.4 is 5.46 Å². The molecule has 120 valence electrons. The first-order valence-electron chi connectivity index (χ1n) is 5.92. The van der Waals surface area contributed by atoms with Crippen LogP contribution in [0.5, 0.6) is 0 Å². The van der Waals surface area contributed by atoms with Gasteiger partial charge in [-0.1, -0.05) is 34.8 Å². The molecule has 1 aliphatic heterocycles. The molecule has 2 heterocycles. The third kappa shape index (κ3) is 2.90. The summed E-state index contributed by atoms with van der Waals surface area (Å²) in [6.45, 7) is 0. The summed E-state index contributed by atoms with van der Waals surface area (Å²) in [7, 11) is -5.83. The van der Waals surface area contributed by atoms with Crippen LogP contribution in [0.15, 0.2) is 37.3 Å². The van der Waals surface area contributed by atoms with Crippen LogP contribution in [0.4, 0.5) is 0 Å². The van der Waals surface area contributed by atoms with Gasteiger partial charge in [-0.15, -0.1) is 0 Å². The van der Waals surface area contributed by atoms with Crippen LogP contribution in [-0.2, 0) is 10.0 Å². The molecule has 3 rings (SSSR count). The molecular weight excluding hydrogens is 453 g/mol. The number of rotatable bonds is 2. The Morgan fingerprint density at radius 1 is 1.17 bits per heavy atom. The fourth-order valence-corrected chi connectivity index (χ4v) is 4.62. The van der Waals surface area contributed by atoms with Crippen molar-refractivity contribution in [3.05, 3.63) is 43.7 Å². The molecule has 0 fully saturated rings. The number of hydrazone groups is 1. The second-order valence-electron chi connectivity index (χ2n) is 4.46. The molecule has 0 aliphatic carbocycles. The molecule has 1 aliphatic rings. The predicted molar refractivity (Wildman–Crippen MR) is 92.1 cm³/mol. The van der Waals surface area contributed by atoms with E-state index in [1.807, 2.05) is 0 Å². The van der Waals surface area contributed by atoms with Crippen LogP contribution in [-0.4, -0.2) is 31.0 Å². The predicted octanol–water partition coefficient (Wildman–Crippen LogP) is 2.73. The van der Waals surface area contributed by atoms with E-state index < -0.39 is 17.1 Å². The zero-order valence-corrected chi connectivity index (χ0v) is 15.5. The summed E-state index contributed by atoms with van der Waals surface area (Å²) in [4.78, 5) is -0.323. The van der Waals surface area contributed by atoms with Gasteiger partial charge >= 0.3 is 7.05 Å². The van der Waals surface area contributed by atoms with E-state index in [1.165, 1.54) is 18.3 Å². The molecule has 0 radical (unpaired) electrons. The van der Waals surface area contributed by atoms with E-state index in [0.717, 1.165) is 6.07 Å². The first kappa shape index (κ1) is 17.1. The standard InChI is InChI=1S/C11H5BBrCl3N2O4S/c13-11-1-5-9(22-11)4-17-18(12(5)19)23(20,21)10-3-7(15)6(14)2-8(10)16/h1-4,19H. The van der Waals surface area contributed by atoms with Crippen LogP contribution in [0.2, 0.25) is 15.1 Å². The molecule has 0 bridgehead atoms. The minimum absolute atomic E-state index is 0.0110. The number of hydrogen-bond donors (Lipinski definition) is 1. The van der Waals surface area contributed by atoms with Gasteiger partial charge in [-0.25, -0.2) is 8.42 Å². The third-order valence-corrected chi connectivity index (χ3v) is 6.25. The summed E-state index contributed by atoms with van der Waals surface area (Å²) in [5, 5.41) is 14.0. The monoisotopic (exact) mass is 456 g/mol. The van der Waals surface area contributed by atoms with Crippen LogP contribution in [0.3, 0.4) is 0 Å². The van der Waals surface area contributed by atoms with E-state index in [1.54, 1.807) is 0 Å². The number of sulfonamides is 1. The summed E-state index contributed by atoms with van der Waals surface area (Å²) in [5.74, 6) is 0.246. The summed E-state index contributed by atoms with van der Waals surface area (Å²) >= 11 is 20.7. The summed E-state index contributed by atoms with van der Waals surface area (Å²) in [5.41, 5.74) is 0.242. The highest BCUT2D eigenvalue weighted by Gasteiger charge is 2.41. The van der Waals surface area contributed by atoms with Crippen molar-refractivity contribution in [3.63, 3.8) is 0 Å². The zero-order valence-electron chi connectivity index (χ0n) is 10.9. The molecular formula is C11H5BBrCl3N2O4S. The van der Waals surface area contributed by atoms with Gasteiger partial charge < -0.3 is 9.44 Å². The topological polar surface area (TPSA) is 83.1 Å². The van der Waals surface area contributed by atoms with Crippen LogP contribution in [0, 0.1) is 0 Å². The van der Waals surface area contributed by atoms with E-state index in [4.69, 9.17) is 39.2 Å².